The number of hydrogen-bond acceptors (Lipinski definition) is 6. The van der Waals surface area contributed by atoms with Gasteiger partial charge in [-0.2, -0.15) is 10.1 Å². The lowest BCUT2D eigenvalue weighted by Crippen LogP contribution is -2.44. The van der Waals surface area contributed by atoms with Crippen molar-refractivity contribution >= 4 is 0 Å². The van der Waals surface area contributed by atoms with Gasteiger partial charge in [0.15, 0.2) is 5.82 Å². The van der Waals surface area contributed by atoms with Crippen LogP contribution >= 0.6 is 0 Å². The van der Waals surface area contributed by atoms with E-state index in [-0.39, 0.29) is 0 Å². The maximum atomic E-state index is 6.08. The number of nitrogens with two attached hydrogens (primary N) is 1. The van der Waals surface area contributed by atoms with E-state index in [0.717, 1.165) is 42.5 Å². The van der Waals surface area contributed by atoms with Crippen molar-refractivity contribution in [1.29, 1.82) is 0 Å². The van der Waals surface area contributed by atoms with Crippen molar-refractivity contribution in [2.45, 2.75) is 31.2 Å². The van der Waals surface area contributed by atoms with Crippen molar-refractivity contribution in [1.82, 2.24) is 24.9 Å². The van der Waals surface area contributed by atoms with E-state index >= 15 is 0 Å². The largest absolute Gasteiger partial charge is 0.339 e. The Balaban J connectivity index is 1.41. The van der Waals surface area contributed by atoms with E-state index < -0.39 is 0 Å². The summed E-state index contributed by atoms with van der Waals surface area (Å²) in [4.78, 5) is 8.96. The zero-order valence-electron chi connectivity index (χ0n) is 13.1. The first-order valence-electron chi connectivity index (χ1n) is 8.33. The van der Waals surface area contributed by atoms with E-state index in [0.29, 0.717) is 23.7 Å². The van der Waals surface area contributed by atoms with E-state index in [4.69, 9.17) is 10.3 Å². The minimum absolute atomic E-state index is 0.349. The van der Waals surface area contributed by atoms with Crippen LogP contribution in [-0.4, -0.2) is 30.9 Å². The molecule has 7 heteroatoms. The molecule has 4 atom stereocenters. The van der Waals surface area contributed by atoms with Crippen molar-refractivity contribution in [2.24, 2.45) is 17.6 Å². The molecule has 2 fully saturated rings. The smallest absolute Gasteiger partial charge is 0.230 e. The first-order chi connectivity index (χ1) is 11.8. The molecular formula is C17H18N6O. The van der Waals surface area contributed by atoms with Gasteiger partial charge in [-0.1, -0.05) is 5.16 Å². The standard InChI is InChI=1S/C17H18N6O/c18-14-8-11-6-12(7-13(11)14)17-21-16(22-24-17)10-2-4-19-15(9-10)23-5-1-3-20-23/h1-5,9,11-14H,6-8,18H2/t11-,12?,13-,14+/m0/s1. The summed E-state index contributed by atoms with van der Waals surface area (Å²) in [6.07, 6.45) is 8.64. The van der Waals surface area contributed by atoms with Crippen LogP contribution in [0.3, 0.4) is 0 Å². The van der Waals surface area contributed by atoms with Gasteiger partial charge in [0, 0.05) is 36.1 Å². The lowest BCUT2D eigenvalue weighted by Gasteiger charge is -2.37. The molecule has 3 aromatic rings. The summed E-state index contributed by atoms with van der Waals surface area (Å²) in [5.74, 6) is 3.80. The molecule has 3 heterocycles. The predicted molar refractivity (Wildman–Crippen MR) is 86.2 cm³/mol. The minimum Gasteiger partial charge on any atom is -0.339 e. The van der Waals surface area contributed by atoms with E-state index in [1.807, 2.05) is 24.4 Å². The summed E-state index contributed by atoms with van der Waals surface area (Å²) in [6, 6.07) is 6.02. The van der Waals surface area contributed by atoms with Crippen LogP contribution in [0.15, 0.2) is 41.3 Å². The van der Waals surface area contributed by atoms with Crippen LogP contribution in [-0.2, 0) is 0 Å². The van der Waals surface area contributed by atoms with Crippen molar-refractivity contribution in [3.8, 4) is 17.2 Å². The van der Waals surface area contributed by atoms with Gasteiger partial charge in [-0.3, -0.25) is 0 Å². The second kappa shape index (κ2) is 5.24. The zero-order valence-corrected chi connectivity index (χ0v) is 13.1. The topological polar surface area (TPSA) is 95.7 Å². The van der Waals surface area contributed by atoms with Crippen molar-refractivity contribution in [3.05, 3.63) is 42.7 Å². The highest BCUT2D eigenvalue weighted by atomic mass is 16.5. The highest BCUT2D eigenvalue weighted by Crippen LogP contribution is 2.52. The monoisotopic (exact) mass is 322 g/mol. The molecule has 0 aliphatic heterocycles. The first-order valence-corrected chi connectivity index (χ1v) is 8.33. The lowest BCUT2D eigenvalue weighted by molar-refractivity contribution is 0.173. The molecule has 7 nitrogen and oxygen atoms in total. The number of nitrogens with zero attached hydrogens (tertiary/aromatic N) is 5. The molecule has 3 aromatic heterocycles. The molecule has 0 amide bonds. The van der Waals surface area contributed by atoms with Crippen LogP contribution < -0.4 is 5.73 Å². The number of hydrogen-bond donors (Lipinski definition) is 1. The third kappa shape index (κ3) is 2.16. The molecule has 5 rings (SSSR count). The second-order valence-electron chi connectivity index (χ2n) is 6.80. The maximum Gasteiger partial charge on any atom is 0.230 e. The SMILES string of the molecule is N[C@@H]1C[C@@H]2CC(c3nc(-c4ccnc(-n5cccn5)c4)no3)C[C@@H]21. The number of fused-ring (bicyclic) bond motifs is 1. The Labute approximate surface area is 138 Å². The lowest BCUT2D eigenvalue weighted by atomic mass is 9.72. The fraction of sp³-hybridized carbons (Fsp3) is 0.412. The van der Waals surface area contributed by atoms with Crippen molar-refractivity contribution in [3.63, 3.8) is 0 Å². The van der Waals surface area contributed by atoms with Gasteiger partial charge in [-0.25, -0.2) is 9.67 Å². The Morgan fingerprint density at radius 1 is 1.21 bits per heavy atom. The van der Waals surface area contributed by atoms with Gasteiger partial charge < -0.3 is 10.3 Å². The van der Waals surface area contributed by atoms with Gasteiger partial charge in [0.1, 0.15) is 0 Å². The van der Waals surface area contributed by atoms with Gasteiger partial charge >= 0.3 is 0 Å². The van der Waals surface area contributed by atoms with Gasteiger partial charge in [-0.05, 0) is 49.3 Å². The molecule has 0 spiro atoms. The van der Waals surface area contributed by atoms with Crippen LogP contribution in [0, 0.1) is 11.8 Å². The molecule has 0 aromatic carbocycles. The summed E-state index contributed by atoms with van der Waals surface area (Å²) >= 11 is 0. The Hall–Kier alpha value is -2.54. The van der Waals surface area contributed by atoms with Crippen LogP contribution in [0.25, 0.3) is 17.2 Å². The molecule has 0 bridgehead atoms. The summed E-state index contributed by atoms with van der Waals surface area (Å²) in [5.41, 5.74) is 6.96. The molecule has 2 aliphatic rings. The van der Waals surface area contributed by atoms with Crippen molar-refractivity contribution < 1.29 is 4.52 Å². The number of rotatable bonds is 3. The summed E-state index contributed by atoms with van der Waals surface area (Å²) in [5, 5.41) is 8.37. The second-order valence-corrected chi connectivity index (χ2v) is 6.80. The number of aromatic nitrogens is 5. The van der Waals surface area contributed by atoms with Crippen LogP contribution in [0.2, 0.25) is 0 Å². The predicted octanol–water partition coefficient (Wildman–Crippen LogP) is 2.16. The van der Waals surface area contributed by atoms with Gasteiger partial charge in [0.2, 0.25) is 11.7 Å². The highest BCUT2D eigenvalue weighted by molar-refractivity contribution is 5.56. The fourth-order valence-electron chi connectivity index (χ4n) is 4.09. The summed E-state index contributed by atoms with van der Waals surface area (Å²) in [6.45, 7) is 0. The van der Waals surface area contributed by atoms with Gasteiger partial charge in [-0.15, -0.1) is 0 Å². The highest BCUT2D eigenvalue weighted by Gasteiger charge is 2.47. The minimum atomic E-state index is 0.349. The molecular weight excluding hydrogens is 304 g/mol. The molecule has 0 radical (unpaired) electrons. The molecule has 122 valence electrons. The molecule has 1 unspecified atom stereocenters. The fourth-order valence-corrected chi connectivity index (χ4v) is 4.09. The molecule has 2 aliphatic carbocycles. The summed E-state index contributed by atoms with van der Waals surface area (Å²) < 4.78 is 7.26. The average Bonchev–Trinajstić information content (AvgIpc) is 3.34. The maximum absolute atomic E-state index is 6.08. The Morgan fingerprint density at radius 2 is 2.17 bits per heavy atom. The van der Waals surface area contributed by atoms with Crippen LogP contribution in [0.5, 0.6) is 0 Å². The van der Waals surface area contributed by atoms with E-state index in [9.17, 15) is 0 Å². The van der Waals surface area contributed by atoms with Crippen molar-refractivity contribution in [2.75, 3.05) is 0 Å². The quantitative estimate of drug-likeness (QED) is 0.794. The molecule has 0 saturated heterocycles. The average molecular weight is 322 g/mol. The van der Waals surface area contributed by atoms with E-state index in [2.05, 4.69) is 20.2 Å². The van der Waals surface area contributed by atoms with Gasteiger partial charge in [0.25, 0.3) is 0 Å². The summed E-state index contributed by atoms with van der Waals surface area (Å²) in [7, 11) is 0. The Kier molecular flexibility index (Phi) is 3.02. The zero-order chi connectivity index (χ0) is 16.1. The normalized spacial score (nSPS) is 28.5. The number of pyridine rings is 1. The molecule has 24 heavy (non-hydrogen) atoms. The molecule has 2 N–H and O–H groups in total. The molecule has 2 saturated carbocycles. The third-order valence-corrected chi connectivity index (χ3v) is 5.41. The third-order valence-electron chi connectivity index (χ3n) is 5.41. The Bertz CT molecular complexity index is 858. The van der Waals surface area contributed by atoms with Crippen LogP contribution in [0.1, 0.15) is 31.1 Å². The van der Waals surface area contributed by atoms with Crippen LogP contribution in [0.4, 0.5) is 0 Å². The Morgan fingerprint density at radius 3 is 2.96 bits per heavy atom. The van der Waals surface area contributed by atoms with E-state index in [1.54, 1.807) is 17.1 Å². The first kappa shape index (κ1) is 13.9. The van der Waals surface area contributed by atoms with E-state index in [1.165, 1.54) is 0 Å². The van der Waals surface area contributed by atoms with Gasteiger partial charge in [0.05, 0.1) is 0 Å².